The quantitative estimate of drug-likeness (QED) is 0.415. The van der Waals surface area contributed by atoms with E-state index in [9.17, 15) is 9.59 Å². The Balaban J connectivity index is 0.00000116. The molecule has 0 atom stereocenters. The minimum absolute atomic E-state index is 0. The zero-order valence-corrected chi connectivity index (χ0v) is 18.4. The van der Waals surface area contributed by atoms with Crippen LogP contribution in [0, 0.1) is 0 Å². The van der Waals surface area contributed by atoms with Crippen LogP contribution in [0.1, 0.15) is 12.8 Å². The summed E-state index contributed by atoms with van der Waals surface area (Å²) in [6, 6.07) is 13.5. The number of rotatable bonds is 3. The van der Waals surface area contributed by atoms with Crippen molar-refractivity contribution >= 4 is 62.9 Å². The largest absolute Gasteiger partial charge is 0.336 e. The summed E-state index contributed by atoms with van der Waals surface area (Å²) < 4.78 is 3.13. The van der Waals surface area contributed by atoms with Gasteiger partial charge in [-0.2, -0.15) is 0 Å². The van der Waals surface area contributed by atoms with Gasteiger partial charge in [0.2, 0.25) is 0 Å². The maximum Gasteiger partial charge on any atom is 0.336 e. The van der Waals surface area contributed by atoms with Crippen molar-refractivity contribution in [3.8, 4) is 0 Å². The number of benzene rings is 2. The molecule has 0 aliphatic carbocycles. The van der Waals surface area contributed by atoms with Gasteiger partial charge < -0.3 is 4.90 Å². The summed E-state index contributed by atoms with van der Waals surface area (Å²) in [5.74, 6) is 0. The zero-order chi connectivity index (χ0) is 19.5. The molecule has 1 aliphatic heterocycles. The van der Waals surface area contributed by atoms with Crippen molar-refractivity contribution in [1.29, 1.82) is 0 Å². The van der Waals surface area contributed by atoms with Crippen molar-refractivity contribution in [3.05, 3.63) is 69.5 Å². The summed E-state index contributed by atoms with van der Waals surface area (Å²) >= 11 is 0. The van der Waals surface area contributed by atoms with Gasteiger partial charge >= 0.3 is 5.69 Å². The molecule has 0 spiro atoms. The predicted molar refractivity (Wildman–Crippen MR) is 130 cm³/mol. The van der Waals surface area contributed by atoms with E-state index >= 15 is 0 Å². The summed E-state index contributed by atoms with van der Waals surface area (Å²) in [6.07, 6.45) is 4.15. The maximum atomic E-state index is 13.5. The van der Waals surface area contributed by atoms with E-state index in [2.05, 4.69) is 9.88 Å². The molecule has 0 saturated carbocycles. The lowest BCUT2D eigenvalue weighted by Crippen LogP contribution is -2.40. The first-order chi connectivity index (χ1) is 14.2. The number of hydrogen-bond acceptors (Lipinski definition) is 4. The van der Waals surface area contributed by atoms with E-state index in [4.69, 9.17) is 0 Å². The van der Waals surface area contributed by atoms with E-state index in [-0.39, 0.29) is 36.1 Å². The fourth-order valence-electron chi connectivity index (χ4n) is 4.89. The number of hydrogen-bond donors (Lipinski definition) is 0. The molecular weight excluding hydrogens is 435 g/mol. The molecule has 6 nitrogen and oxygen atoms in total. The first-order valence-electron chi connectivity index (χ1n) is 10.1. The molecule has 0 amide bonds. The number of pyridine rings is 1. The molecular formula is C23H22Cl2N4O2. The number of fused-ring (bicyclic) bond motifs is 5. The van der Waals surface area contributed by atoms with Crippen LogP contribution in [0.4, 0.5) is 0 Å². The van der Waals surface area contributed by atoms with Crippen molar-refractivity contribution < 1.29 is 0 Å². The second-order valence-corrected chi connectivity index (χ2v) is 7.86. The van der Waals surface area contributed by atoms with Crippen LogP contribution in [-0.4, -0.2) is 38.5 Å². The summed E-state index contributed by atoms with van der Waals surface area (Å²) in [5, 5.41) is 3.50. The smallest absolute Gasteiger partial charge is 0.302 e. The van der Waals surface area contributed by atoms with Crippen LogP contribution in [-0.2, 0) is 6.54 Å². The Morgan fingerprint density at radius 3 is 2.39 bits per heavy atom. The van der Waals surface area contributed by atoms with E-state index in [1.165, 1.54) is 17.4 Å². The molecule has 3 aromatic heterocycles. The zero-order valence-electron chi connectivity index (χ0n) is 16.8. The van der Waals surface area contributed by atoms with Crippen LogP contribution < -0.4 is 11.2 Å². The van der Waals surface area contributed by atoms with Crippen molar-refractivity contribution in [3.63, 3.8) is 0 Å². The third-order valence-corrected chi connectivity index (χ3v) is 6.27. The van der Waals surface area contributed by atoms with E-state index in [0.717, 1.165) is 46.8 Å². The summed E-state index contributed by atoms with van der Waals surface area (Å²) in [7, 11) is 0. The van der Waals surface area contributed by atoms with Gasteiger partial charge in [-0.25, -0.2) is 4.79 Å². The van der Waals surface area contributed by atoms with Crippen molar-refractivity contribution in [1.82, 2.24) is 18.9 Å². The Morgan fingerprint density at radius 1 is 0.839 bits per heavy atom. The average Bonchev–Trinajstić information content (AvgIpc) is 3.38. The summed E-state index contributed by atoms with van der Waals surface area (Å²) in [4.78, 5) is 33.5. The second kappa shape index (κ2) is 8.11. The fourth-order valence-corrected chi connectivity index (χ4v) is 4.89. The maximum absolute atomic E-state index is 13.5. The van der Waals surface area contributed by atoms with Crippen LogP contribution >= 0.6 is 24.8 Å². The Hall–Kier alpha value is -2.67. The molecule has 1 fully saturated rings. The third-order valence-electron chi connectivity index (χ3n) is 6.27. The first kappa shape index (κ1) is 21.6. The first-order valence-corrected chi connectivity index (χ1v) is 10.1. The monoisotopic (exact) mass is 456 g/mol. The van der Waals surface area contributed by atoms with Crippen molar-refractivity contribution in [2.24, 2.45) is 0 Å². The van der Waals surface area contributed by atoms with Gasteiger partial charge in [-0.1, -0.05) is 18.2 Å². The molecule has 8 heteroatoms. The molecule has 160 valence electrons. The molecule has 1 aliphatic rings. The van der Waals surface area contributed by atoms with Gasteiger partial charge in [0.25, 0.3) is 5.56 Å². The van der Waals surface area contributed by atoms with Crippen LogP contribution in [0.15, 0.2) is 58.3 Å². The van der Waals surface area contributed by atoms with E-state index in [1.54, 1.807) is 10.6 Å². The number of likely N-dealkylation sites (tertiary alicyclic amines) is 1. The highest BCUT2D eigenvalue weighted by Gasteiger charge is 2.20. The fraction of sp³-hybridized carbons (Fsp3) is 0.261. The number of para-hydroxylation sites is 1. The van der Waals surface area contributed by atoms with Crippen LogP contribution in [0.5, 0.6) is 0 Å². The Kier molecular flexibility index (Phi) is 5.64. The minimum Gasteiger partial charge on any atom is -0.302 e. The highest BCUT2D eigenvalue weighted by Crippen LogP contribution is 2.34. The molecule has 5 aromatic rings. The highest BCUT2D eigenvalue weighted by molar-refractivity contribution is 6.22. The lowest BCUT2D eigenvalue weighted by atomic mass is 10.1. The second-order valence-electron chi connectivity index (χ2n) is 7.86. The minimum atomic E-state index is -0.254. The molecule has 0 bridgehead atoms. The van der Waals surface area contributed by atoms with E-state index in [1.807, 2.05) is 42.5 Å². The molecule has 31 heavy (non-hydrogen) atoms. The predicted octanol–water partition coefficient (Wildman–Crippen LogP) is 3.69. The van der Waals surface area contributed by atoms with Gasteiger partial charge in [0.05, 0.1) is 21.9 Å². The van der Waals surface area contributed by atoms with Crippen LogP contribution in [0.2, 0.25) is 0 Å². The van der Waals surface area contributed by atoms with Gasteiger partial charge in [-0.3, -0.25) is 18.7 Å². The van der Waals surface area contributed by atoms with E-state index < -0.39 is 0 Å². The standard InChI is InChI=1S/C23H20N4O2.2ClH/c28-22-17-6-3-5-16-20-15-7-4-10-24-18(15)8-9-19(20)27(21(16)17)23(29)26(22)14-13-25-11-1-2-12-25;;/h3-10H,1-2,11-14H2;2*1H. The van der Waals surface area contributed by atoms with Gasteiger partial charge in [-0.15, -0.1) is 24.8 Å². The third kappa shape index (κ3) is 3.09. The van der Waals surface area contributed by atoms with Crippen LogP contribution in [0.3, 0.4) is 0 Å². The number of aromatic nitrogens is 3. The molecule has 2 aromatic carbocycles. The number of halogens is 2. The SMILES string of the molecule is Cl.Cl.O=c1c2cccc3c4c5cccnc5ccc4n(c(=O)n1CCN1CCCC1)c23. The highest BCUT2D eigenvalue weighted by atomic mass is 35.5. The van der Waals surface area contributed by atoms with Gasteiger partial charge in [0.15, 0.2) is 0 Å². The normalized spacial score (nSPS) is 14.5. The average molecular weight is 457 g/mol. The molecule has 4 heterocycles. The summed E-state index contributed by atoms with van der Waals surface area (Å²) in [5.41, 5.74) is 1.98. The topological polar surface area (TPSA) is 59.6 Å². The molecule has 1 saturated heterocycles. The lowest BCUT2D eigenvalue weighted by Gasteiger charge is -2.15. The number of nitrogens with zero attached hydrogens (tertiary/aromatic N) is 4. The molecule has 0 radical (unpaired) electrons. The lowest BCUT2D eigenvalue weighted by molar-refractivity contribution is 0.318. The Bertz CT molecular complexity index is 1520. The summed E-state index contributed by atoms with van der Waals surface area (Å²) in [6.45, 7) is 3.24. The van der Waals surface area contributed by atoms with Crippen molar-refractivity contribution in [2.45, 2.75) is 19.4 Å². The molecule has 0 N–H and O–H groups in total. The Morgan fingerprint density at radius 2 is 1.58 bits per heavy atom. The molecule has 6 rings (SSSR count). The Labute approximate surface area is 190 Å². The van der Waals surface area contributed by atoms with Crippen LogP contribution in [0.25, 0.3) is 38.1 Å². The van der Waals surface area contributed by atoms with Crippen molar-refractivity contribution in [2.75, 3.05) is 19.6 Å². The van der Waals surface area contributed by atoms with Gasteiger partial charge in [0, 0.05) is 35.4 Å². The van der Waals surface area contributed by atoms with Gasteiger partial charge in [0.1, 0.15) is 0 Å². The van der Waals surface area contributed by atoms with E-state index in [0.29, 0.717) is 17.4 Å². The van der Waals surface area contributed by atoms with Gasteiger partial charge in [-0.05, 0) is 50.2 Å². The molecule has 0 unspecified atom stereocenters.